The zero-order valence-corrected chi connectivity index (χ0v) is 15.1. The van der Waals surface area contributed by atoms with Gasteiger partial charge < -0.3 is 15.8 Å². The lowest BCUT2D eigenvalue weighted by Gasteiger charge is -2.23. The van der Waals surface area contributed by atoms with E-state index in [2.05, 4.69) is 42.0 Å². The van der Waals surface area contributed by atoms with Gasteiger partial charge in [0.2, 0.25) is 5.91 Å². The van der Waals surface area contributed by atoms with Crippen molar-refractivity contribution in [2.24, 2.45) is 11.1 Å². The molecule has 21 heavy (non-hydrogen) atoms. The second-order valence-electron chi connectivity index (χ2n) is 6.25. The van der Waals surface area contributed by atoms with Crippen LogP contribution in [0.1, 0.15) is 33.6 Å². The molecular formula is C15H22BrClN2O2. The van der Waals surface area contributed by atoms with E-state index in [-0.39, 0.29) is 23.8 Å². The molecule has 0 aliphatic carbocycles. The van der Waals surface area contributed by atoms with Crippen molar-refractivity contribution in [3.05, 3.63) is 21.6 Å². The molecule has 0 spiro atoms. The highest BCUT2D eigenvalue weighted by Gasteiger charge is 2.19. The highest BCUT2D eigenvalue weighted by molar-refractivity contribution is 9.10. The molecule has 6 heteroatoms. The van der Waals surface area contributed by atoms with Crippen LogP contribution < -0.4 is 15.8 Å². The summed E-state index contributed by atoms with van der Waals surface area (Å²) < 4.78 is 5.95. The van der Waals surface area contributed by atoms with E-state index in [0.717, 1.165) is 6.42 Å². The maximum atomic E-state index is 12.1. The third-order valence-electron chi connectivity index (χ3n) is 2.81. The monoisotopic (exact) mass is 376 g/mol. The first-order valence-corrected chi connectivity index (χ1v) is 7.88. The predicted octanol–water partition coefficient (Wildman–Crippen LogP) is 4.20. The molecule has 0 heterocycles. The zero-order valence-electron chi connectivity index (χ0n) is 12.8. The van der Waals surface area contributed by atoms with E-state index in [0.29, 0.717) is 20.9 Å². The Hall–Kier alpha value is -0.780. The van der Waals surface area contributed by atoms with E-state index in [9.17, 15) is 4.79 Å². The van der Waals surface area contributed by atoms with Crippen LogP contribution in [0.4, 0.5) is 5.69 Å². The normalized spacial score (nSPS) is 12.9. The standard InChI is InChI=1S/C15H22BrClN2O2/c1-15(2,3)8-10(18)7-13(20)19-12-6-9(17)5-11(16)14(12)21-4/h5-6,10H,7-8,18H2,1-4H3,(H,19,20). The van der Waals surface area contributed by atoms with Crippen molar-refractivity contribution in [2.75, 3.05) is 12.4 Å². The van der Waals surface area contributed by atoms with Gasteiger partial charge in [0.15, 0.2) is 5.75 Å². The van der Waals surface area contributed by atoms with E-state index in [4.69, 9.17) is 22.1 Å². The number of halogens is 2. The Kier molecular flexibility index (Phi) is 6.50. The molecule has 3 N–H and O–H groups in total. The van der Waals surface area contributed by atoms with E-state index < -0.39 is 0 Å². The maximum absolute atomic E-state index is 12.1. The number of benzene rings is 1. The van der Waals surface area contributed by atoms with Gasteiger partial charge in [-0.25, -0.2) is 0 Å². The first kappa shape index (κ1) is 18.3. The summed E-state index contributed by atoms with van der Waals surface area (Å²) in [5.41, 5.74) is 6.64. The Morgan fingerprint density at radius 2 is 2.10 bits per heavy atom. The van der Waals surface area contributed by atoms with E-state index in [1.54, 1.807) is 12.1 Å². The van der Waals surface area contributed by atoms with Crippen LogP contribution in [0.5, 0.6) is 5.75 Å². The number of nitrogens with one attached hydrogen (secondary N) is 1. The van der Waals surface area contributed by atoms with Crippen LogP contribution >= 0.6 is 27.5 Å². The van der Waals surface area contributed by atoms with Gasteiger partial charge in [-0.3, -0.25) is 4.79 Å². The Labute approximate surface area is 139 Å². The number of methoxy groups -OCH3 is 1. The van der Waals surface area contributed by atoms with Crippen molar-refractivity contribution in [3.63, 3.8) is 0 Å². The van der Waals surface area contributed by atoms with Gasteiger partial charge in [-0.15, -0.1) is 0 Å². The highest BCUT2D eigenvalue weighted by Crippen LogP contribution is 2.36. The minimum Gasteiger partial charge on any atom is -0.493 e. The molecule has 1 amide bonds. The average molecular weight is 378 g/mol. The lowest BCUT2D eigenvalue weighted by Crippen LogP contribution is -2.31. The minimum absolute atomic E-state index is 0.0937. The molecule has 0 fully saturated rings. The van der Waals surface area contributed by atoms with Gasteiger partial charge in [-0.2, -0.15) is 0 Å². The van der Waals surface area contributed by atoms with Gasteiger partial charge in [-0.05, 0) is 39.9 Å². The van der Waals surface area contributed by atoms with Crippen LogP contribution in [-0.2, 0) is 4.79 Å². The summed E-state index contributed by atoms with van der Waals surface area (Å²) in [5, 5.41) is 3.31. The smallest absolute Gasteiger partial charge is 0.226 e. The quantitative estimate of drug-likeness (QED) is 0.808. The number of carbonyl (C=O) groups is 1. The van der Waals surface area contributed by atoms with E-state index in [1.165, 1.54) is 7.11 Å². The Morgan fingerprint density at radius 1 is 1.48 bits per heavy atom. The molecule has 1 unspecified atom stereocenters. The third kappa shape index (κ3) is 6.24. The SMILES string of the molecule is COc1c(Br)cc(Cl)cc1NC(=O)CC(N)CC(C)(C)C. The third-order valence-corrected chi connectivity index (χ3v) is 3.62. The molecule has 0 radical (unpaired) electrons. The van der Waals surface area contributed by atoms with Gasteiger partial charge in [0.25, 0.3) is 0 Å². The molecule has 0 aliphatic heterocycles. The van der Waals surface area contributed by atoms with Gasteiger partial charge in [0, 0.05) is 17.5 Å². The molecule has 0 saturated heterocycles. The van der Waals surface area contributed by atoms with Crippen molar-refractivity contribution in [2.45, 2.75) is 39.7 Å². The molecule has 1 rings (SSSR count). The van der Waals surface area contributed by atoms with Crippen LogP contribution in [0.25, 0.3) is 0 Å². The van der Waals surface area contributed by atoms with Crippen molar-refractivity contribution < 1.29 is 9.53 Å². The molecule has 0 bridgehead atoms. The summed E-state index contributed by atoms with van der Waals surface area (Å²) in [6, 6.07) is 3.18. The number of carbonyl (C=O) groups excluding carboxylic acids is 1. The molecule has 4 nitrogen and oxygen atoms in total. The Bertz CT molecular complexity index is 515. The number of rotatable bonds is 5. The fraction of sp³-hybridized carbons (Fsp3) is 0.533. The Balaban J connectivity index is 2.75. The second kappa shape index (κ2) is 7.47. The predicted molar refractivity (Wildman–Crippen MR) is 91.0 cm³/mol. The number of nitrogens with two attached hydrogens (primary N) is 1. The van der Waals surface area contributed by atoms with Crippen molar-refractivity contribution in [1.82, 2.24) is 0 Å². The van der Waals surface area contributed by atoms with Crippen molar-refractivity contribution in [3.8, 4) is 5.75 Å². The average Bonchev–Trinajstić information content (AvgIpc) is 2.24. The topological polar surface area (TPSA) is 64.3 Å². The van der Waals surface area contributed by atoms with Gasteiger partial charge in [0.05, 0.1) is 17.3 Å². The summed E-state index contributed by atoms with van der Waals surface area (Å²) in [5.74, 6) is 0.386. The molecule has 0 saturated carbocycles. The summed E-state index contributed by atoms with van der Waals surface area (Å²) in [4.78, 5) is 12.1. The van der Waals surface area contributed by atoms with Gasteiger partial charge in [0.1, 0.15) is 0 Å². The molecule has 1 aromatic carbocycles. The largest absolute Gasteiger partial charge is 0.493 e. The van der Waals surface area contributed by atoms with Crippen molar-refractivity contribution >= 4 is 39.1 Å². The maximum Gasteiger partial charge on any atom is 0.226 e. The summed E-state index contributed by atoms with van der Waals surface area (Å²) in [7, 11) is 1.54. The van der Waals surface area contributed by atoms with Crippen molar-refractivity contribution in [1.29, 1.82) is 0 Å². The second-order valence-corrected chi connectivity index (χ2v) is 7.54. The molecule has 1 aromatic rings. The molecule has 1 atom stereocenters. The van der Waals surface area contributed by atoms with Crippen LogP contribution in [0, 0.1) is 5.41 Å². The number of anilines is 1. The van der Waals surface area contributed by atoms with E-state index in [1.807, 2.05) is 0 Å². The molecular weight excluding hydrogens is 356 g/mol. The lowest BCUT2D eigenvalue weighted by molar-refractivity contribution is -0.116. The van der Waals surface area contributed by atoms with Crippen LogP contribution in [0.15, 0.2) is 16.6 Å². The van der Waals surface area contributed by atoms with Gasteiger partial charge in [-0.1, -0.05) is 32.4 Å². The first-order chi connectivity index (χ1) is 9.62. The number of amides is 1. The fourth-order valence-electron chi connectivity index (χ4n) is 2.16. The highest BCUT2D eigenvalue weighted by atomic mass is 79.9. The number of hydrogen-bond donors (Lipinski definition) is 2. The number of hydrogen-bond acceptors (Lipinski definition) is 3. The molecule has 0 aliphatic rings. The molecule has 118 valence electrons. The van der Waals surface area contributed by atoms with Crippen LogP contribution in [0.2, 0.25) is 5.02 Å². The number of ether oxygens (including phenoxy) is 1. The van der Waals surface area contributed by atoms with Gasteiger partial charge >= 0.3 is 0 Å². The summed E-state index contributed by atoms with van der Waals surface area (Å²) >= 11 is 9.35. The lowest BCUT2D eigenvalue weighted by atomic mass is 9.87. The van der Waals surface area contributed by atoms with E-state index >= 15 is 0 Å². The minimum atomic E-state index is -0.182. The van der Waals surface area contributed by atoms with Crippen LogP contribution in [0.3, 0.4) is 0 Å². The summed E-state index contributed by atoms with van der Waals surface area (Å²) in [6.07, 6.45) is 1.03. The van der Waals surface area contributed by atoms with Crippen LogP contribution in [-0.4, -0.2) is 19.1 Å². The Morgan fingerprint density at radius 3 is 2.62 bits per heavy atom. The zero-order chi connectivity index (χ0) is 16.2. The first-order valence-electron chi connectivity index (χ1n) is 6.71. The summed E-state index contributed by atoms with van der Waals surface area (Å²) in [6.45, 7) is 6.30. The molecule has 0 aromatic heterocycles. The fourth-order valence-corrected chi connectivity index (χ4v) is 3.13.